The molecule has 1 aromatic rings. The number of nitrogens with zero attached hydrogens (tertiary/aromatic N) is 1. The van der Waals surface area contributed by atoms with E-state index in [1.165, 1.54) is 12.1 Å². The van der Waals surface area contributed by atoms with Crippen LogP contribution in [0.25, 0.3) is 0 Å². The van der Waals surface area contributed by atoms with Crippen LogP contribution >= 0.6 is 11.6 Å². The summed E-state index contributed by atoms with van der Waals surface area (Å²) in [5.74, 6) is -0.493. The molecule has 1 aliphatic rings. The molecule has 1 amide bonds. The molecule has 1 unspecified atom stereocenters. The van der Waals surface area contributed by atoms with Crippen LogP contribution < -0.4 is 0 Å². The Labute approximate surface area is 128 Å². The van der Waals surface area contributed by atoms with Gasteiger partial charge in [-0.25, -0.2) is 9.18 Å². The van der Waals surface area contributed by atoms with Gasteiger partial charge in [-0.1, -0.05) is 17.7 Å². The number of carbonyl (C=O) groups excluding carboxylic acids is 1. The summed E-state index contributed by atoms with van der Waals surface area (Å²) in [5.41, 5.74) is 0.113. The standard InChI is InChI=1S/C15H19ClFNO3/c1-15(2,3)21-14(19)18-6-7-20-13(9-18)10-4-5-11(16)12(17)8-10/h4-5,8,13H,6-7,9H2,1-3H3. The van der Waals surface area contributed by atoms with Gasteiger partial charge in [0.05, 0.1) is 18.2 Å². The first kappa shape index (κ1) is 16.0. The molecule has 116 valence electrons. The van der Waals surface area contributed by atoms with Crippen LogP contribution in [0.4, 0.5) is 9.18 Å². The zero-order valence-corrected chi connectivity index (χ0v) is 13.1. The molecule has 0 saturated carbocycles. The average Bonchev–Trinajstić information content (AvgIpc) is 2.40. The monoisotopic (exact) mass is 315 g/mol. The van der Waals surface area contributed by atoms with Crippen molar-refractivity contribution >= 4 is 17.7 Å². The first-order valence-electron chi connectivity index (χ1n) is 6.81. The van der Waals surface area contributed by atoms with Gasteiger partial charge < -0.3 is 14.4 Å². The first-order valence-corrected chi connectivity index (χ1v) is 7.18. The van der Waals surface area contributed by atoms with Crippen molar-refractivity contribution < 1.29 is 18.7 Å². The zero-order valence-electron chi connectivity index (χ0n) is 12.4. The minimum absolute atomic E-state index is 0.0681. The number of hydrogen-bond donors (Lipinski definition) is 0. The summed E-state index contributed by atoms with van der Waals surface area (Å²) < 4.78 is 24.5. The smallest absolute Gasteiger partial charge is 0.410 e. The summed E-state index contributed by atoms with van der Waals surface area (Å²) in [6.45, 7) is 6.62. The van der Waals surface area contributed by atoms with Crippen molar-refractivity contribution in [3.63, 3.8) is 0 Å². The van der Waals surface area contributed by atoms with E-state index in [4.69, 9.17) is 21.1 Å². The summed E-state index contributed by atoms with van der Waals surface area (Å²) >= 11 is 5.67. The SMILES string of the molecule is CC(C)(C)OC(=O)N1CCOC(c2ccc(Cl)c(F)c2)C1. The van der Waals surface area contributed by atoms with Gasteiger partial charge in [-0.15, -0.1) is 0 Å². The summed E-state index contributed by atoms with van der Waals surface area (Å²) in [6, 6.07) is 4.53. The molecule has 0 bridgehead atoms. The minimum Gasteiger partial charge on any atom is -0.444 e. The second kappa shape index (κ2) is 6.20. The number of amides is 1. The van der Waals surface area contributed by atoms with E-state index in [9.17, 15) is 9.18 Å². The van der Waals surface area contributed by atoms with E-state index in [1.807, 2.05) is 20.8 Å². The molecular weight excluding hydrogens is 297 g/mol. The quantitative estimate of drug-likeness (QED) is 0.791. The van der Waals surface area contributed by atoms with E-state index >= 15 is 0 Å². The van der Waals surface area contributed by atoms with E-state index in [1.54, 1.807) is 11.0 Å². The van der Waals surface area contributed by atoms with Gasteiger partial charge in [0.2, 0.25) is 0 Å². The van der Waals surface area contributed by atoms with Crippen molar-refractivity contribution in [2.75, 3.05) is 19.7 Å². The Bertz CT molecular complexity index is 530. The Kier molecular flexibility index (Phi) is 4.74. The van der Waals surface area contributed by atoms with E-state index in [-0.39, 0.29) is 17.2 Å². The van der Waals surface area contributed by atoms with Crippen LogP contribution in [0.5, 0.6) is 0 Å². The zero-order chi connectivity index (χ0) is 15.6. The fourth-order valence-electron chi connectivity index (χ4n) is 2.06. The molecule has 1 fully saturated rings. The second-order valence-corrected chi connectivity index (χ2v) is 6.37. The molecular formula is C15H19ClFNO3. The maximum absolute atomic E-state index is 13.5. The summed E-state index contributed by atoms with van der Waals surface area (Å²) in [4.78, 5) is 13.6. The fraction of sp³-hybridized carbons (Fsp3) is 0.533. The highest BCUT2D eigenvalue weighted by atomic mass is 35.5. The van der Waals surface area contributed by atoms with Crippen molar-refractivity contribution in [1.29, 1.82) is 0 Å². The van der Waals surface area contributed by atoms with Gasteiger partial charge in [0.25, 0.3) is 0 Å². The number of morpholine rings is 1. The Hall–Kier alpha value is -1.33. The van der Waals surface area contributed by atoms with Crippen LogP contribution in [0.3, 0.4) is 0 Å². The van der Waals surface area contributed by atoms with Gasteiger partial charge in [0.15, 0.2) is 0 Å². The molecule has 6 heteroatoms. The molecule has 1 aromatic carbocycles. The largest absolute Gasteiger partial charge is 0.444 e. The molecule has 1 saturated heterocycles. The number of halogens is 2. The van der Waals surface area contributed by atoms with E-state index in [0.29, 0.717) is 25.3 Å². The lowest BCUT2D eigenvalue weighted by molar-refractivity contribution is -0.0433. The molecule has 2 rings (SSSR count). The average molecular weight is 316 g/mol. The predicted molar refractivity (Wildman–Crippen MR) is 77.9 cm³/mol. The molecule has 4 nitrogen and oxygen atoms in total. The predicted octanol–water partition coefficient (Wildman–Crippen LogP) is 3.79. The van der Waals surface area contributed by atoms with Crippen LogP contribution in [0.15, 0.2) is 18.2 Å². The number of carbonyl (C=O) groups is 1. The van der Waals surface area contributed by atoms with Gasteiger partial charge in [0, 0.05) is 6.54 Å². The molecule has 1 atom stereocenters. The molecule has 21 heavy (non-hydrogen) atoms. The highest BCUT2D eigenvalue weighted by Gasteiger charge is 2.29. The molecule has 0 N–H and O–H groups in total. The Morgan fingerprint density at radius 2 is 2.19 bits per heavy atom. The first-order chi connectivity index (χ1) is 9.76. The number of rotatable bonds is 1. The number of ether oxygens (including phenoxy) is 2. The van der Waals surface area contributed by atoms with Gasteiger partial charge in [-0.2, -0.15) is 0 Å². The Morgan fingerprint density at radius 1 is 1.48 bits per heavy atom. The lowest BCUT2D eigenvalue weighted by atomic mass is 10.1. The molecule has 0 spiro atoms. The van der Waals surface area contributed by atoms with Crippen LogP contribution in [-0.4, -0.2) is 36.3 Å². The number of hydrogen-bond acceptors (Lipinski definition) is 3. The van der Waals surface area contributed by atoms with Crippen molar-refractivity contribution in [3.05, 3.63) is 34.6 Å². The van der Waals surface area contributed by atoms with Gasteiger partial charge in [-0.3, -0.25) is 0 Å². The van der Waals surface area contributed by atoms with Crippen LogP contribution in [-0.2, 0) is 9.47 Å². The third kappa shape index (κ3) is 4.32. The van der Waals surface area contributed by atoms with Gasteiger partial charge in [0.1, 0.15) is 17.5 Å². The lowest BCUT2D eigenvalue weighted by Crippen LogP contribution is -2.44. The van der Waals surface area contributed by atoms with E-state index < -0.39 is 11.4 Å². The van der Waals surface area contributed by atoms with Crippen molar-refractivity contribution in [2.24, 2.45) is 0 Å². The topological polar surface area (TPSA) is 38.8 Å². The molecule has 0 radical (unpaired) electrons. The molecule has 0 aromatic heterocycles. The maximum atomic E-state index is 13.5. The minimum atomic E-state index is -0.544. The lowest BCUT2D eigenvalue weighted by Gasteiger charge is -2.34. The van der Waals surface area contributed by atoms with Crippen LogP contribution in [0.1, 0.15) is 32.4 Å². The maximum Gasteiger partial charge on any atom is 0.410 e. The molecule has 1 aliphatic heterocycles. The van der Waals surface area contributed by atoms with Crippen LogP contribution in [0, 0.1) is 5.82 Å². The summed E-state index contributed by atoms with van der Waals surface area (Å²) in [5, 5.41) is 0.0681. The summed E-state index contributed by atoms with van der Waals surface area (Å²) in [7, 11) is 0. The van der Waals surface area contributed by atoms with Crippen molar-refractivity contribution in [1.82, 2.24) is 4.90 Å². The van der Waals surface area contributed by atoms with Gasteiger partial charge >= 0.3 is 6.09 Å². The third-order valence-corrected chi connectivity index (χ3v) is 3.34. The highest BCUT2D eigenvalue weighted by Crippen LogP contribution is 2.26. The second-order valence-electron chi connectivity index (χ2n) is 5.96. The normalized spacial score (nSPS) is 19.5. The summed E-state index contributed by atoms with van der Waals surface area (Å²) in [6.07, 6.45) is -0.761. The van der Waals surface area contributed by atoms with E-state index in [0.717, 1.165) is 0 Å². The van der Waals surface area contributed by atoms with Crippen molar-refractivity contribution in [3.8, 4) is 0 Å². The van der Waals surface area contributed by atoms with Gasteiger partial charge in [-0.05, 0) is 38.5 Å². The Balaban J connectivity index is 2.06. The highest BCUT2D eigenvalue weighted by molar-refractivity contribution is 6.30. The molecule has 1 heterocycles. The van der Waals surface area contributed by atoms with E-state index in [2.05, 4.69) is 0 Å². The molecule has 0 aliphatic carbocycles. The Morgan fingerprint density at radius 3 is 2.81 bits per heavy atom. The fourth-order valence-corrected chi connectivity index (χ4v) is 2.17. The third-order valence-electron chi connectivity index (χ3n) is 3.03. The van der Waals surface area contributed by atoms with Crippen molar-refractivity contribution in [2.45, 2.75) is 32.5 Å². The number of benzene rings is 1. The van der Waals surface area contributed by atoms with Crippen LogP contribution in [0.2, 0.25) is 5.02 Å².